The summed E-state index contributed by atoms with van der Waals surface area (Å²) in [6.45, 7) is 5.01. The van der Waals surface area contributed by atoms with Crippen LogP contribution in [0.5, 0.6) is 0 Å². The molecule has 5 heteroatoms. The van der Waals surface area contributed by atoms with Gasteiger partial charge in [0.2, 0.25) is 5.95 Å². The number of nitrogens with one attached hydrogen (secondary N) is 2. The molecule has 0 spiro atoms. The van der Waals surface area contributed by atoms with Gasteiger partial charge in [-0.05, 0) is 24.8 Å². The topological polar surface area (TPSA) is 75.9 Å². The molecule has 0 bridgehead atoms. The van der Waals surface area contributed by atoms with Crippen LogP contribution >= 0.6 is 0 Å². The Morgan fingerprint density at radius 2 is 1.95 bits per heavy atom. The zero-order valence-electron chi connectivity index (χ0n) is 11.9. The number of nitrogens with zero attached hydrogens (tertiary/aromatic N) is 2. The summed E-state index contributed by atoms with van der Waals surface area (Å²) in [5.74, 6) is 7.08. The van der Waals surface area contributed by atoms with E-state index >= 15 is 0 Å². The molecule has 1 heterocycles. The predicted octanol–water partition coefficient (Wildman–Crippen LogP) is 2.68. The fraction of sp³-hybridized carbons (Fsp3) is 0.333. The number of rotatable bonds is 6. The van der Waals surface area contributed by atoms with Crippen molar-refractivity contribution in [2.75, 3.05) is 17.3 Å². The molecule has 0 aliphatic rings. The quantitative estimate of drug-likeness (QED) is 0.556. The minimum atomic E-state index is 0.434. The van der Waals surface area contributed by atoms with Crippen molar-refractivity contribution < 1.29 is 0 Å². The number of nitrogen functional groups attached to an aromatic ring is 1. The maximum absolute atomic E-state index is 5.34. The number of hydrogen-bond donors (Lipinski definition) is 3. The van der Waals surface area contributed by atoms with Gasteiger partial charge in [0.05, 0.1) is 0 Å². The van der Waals surface area contributed by atoms with Crippen LogP contribution in [0.25, 0.3) is 0 Å². The lowest BCUT2D eigenvalue weighted by molar-refractivity contribution is 0.704. The highest BCUT2D eigenvalue weighted by Crippen LogP contribution is 2.18. The van der Waals surface area contributed by atoms with Crippen LogP contribution in [-0.2, 0) is 0 Å². The van der Waals surface area contributed by atoms with Crippen molar-refractivity contribution in [3.05, 3.63) is 47.7 Å². The summed E-state index contributed by atoms with van der Waals surface area (Å²) in [4.78, 5) is 8.42. The Labute approximate surface area is 119 Å². The SMILES string of the molecule is Cc1cc(NCCC(C)c2ccccc2)nc(NN)n1. The van der Waals surface area contributed by atoms with Gasteiger partial charge in [0.1, 0.15) is 5.82 Å². The molecule has 5 nitrogen and oxygen atoms in total. The molecule has 2 rings (SSSR count). The van der Waals surface area contributed by atoms with Crippen LogP contribution in [-0.4, -0.2) is 16.5 Å². The van der Waals surface area contributed by atoms with Crippen molar-refractivity contribution in [2.45, 2.75) is 26.2 Å². The van der Waals surface area contributed by atoms with Crippen LogP contribution in [0.3, 0.4) is 0 Å². The lowest BCUT2D eigenvalue weighted by atomic mass is 9.98. The molecular formula is C15H21N5. The van der Waals surface area contributed by atoms with Gasteiger partial charge in [-0.25, -0.2) is 10.8 Å². The molecule has 0 fully saturated rings. The van der Waals surface area contributed by atoms with E-state index in [-0.39, 0.29) is 0 Å². The van der Waals surface area contributed by atoms with E-state index in [1.165, 1.54) is 5.56 Å². The maximum atomic E-state index is 5.34. The van der Waals surface area contributed by atoms with Crippen LogP contribution in [0, 0.1) is 6.92 Å². The van der Waals surface area contributed by atoms with E-state index in [9.17, 15) is 0 Å². The summed E-state index contributed by atoms with van der Waals surface area (Å²) in [6.07, 6.45) is 1.04. The minimum Gasteiger partial charge on any atom is -0.370 e. The average Bonchev–Trinajstić information content (AvgIpc) is 2.47. The van der Waals surface area contributed by atoms with Gasteiger partial charge >= 0.3 is 0 Å². The molecule has 20 heavy (non-hydrogen) atoms. The molecular weight excluding hydrogens is 250 g/mol. The van der Waals surface area contributed by atoms with E-state index in [0.717, 1.165) is 24.5 Å². The Balaban J connectivity index is 1.88. The smallest absolute Gasteiger partial charge is 0.239 e. The lowest BCUT2D eigenvalue weighted by Gasteiger charge is -2.13. The number of nitrogens with two attached hydrogens (primary N) is 1. The van der Waals surface area contributed by atoms with E-state index in [0.29, 0.717) is 11.9 Å². The van der Waals surface area contributed by atoms with Crippen molar-refractivity contribution in [2.24, 2.45) is 5.84 Å². The van der Waals surface area contributed by atoms with Crippen LogP contribution in [0.4, 0.5) is 11.8 Å². The van der Waals surface area contributed by atoms with Gasteiger partial charge in [0.25, 0.3) is 0 Å². The van der Waals surface area contributed by atoms with Gasteiger partial charge in [-0.15, -0.1) is 0 Å². The van der Waals surface area contributed by atoms with E-state index < -0.39 is 0 Å². The van der Waals surface area contributed by atoms with Crippen molar-refractivity contribution in [1.29, 1.82) is 0 Å². The third-order valence-electron chi connectivity index (χ3n) is 3.24. The Hall–Kier alpha value is -2.14. The maximum Gasteiger partial charge on any atom is 0.239 e. The Morgan fingerprint density at radius 3 is 2.65 bits per heavy atom. The number of aryl methyl sites for hydroxylation is 1. The van der Waals surface area contributed by atoms with E-state index in [1.807, 2.05) is 19.1 Å². The highest BCUT2D eigenvalue weighted by molar-refractivity contribution is 5.41. The van der Waals surface area contributed by atoms with Gasteiger partial charge in [0.15, 0.2) is 0 Å². The van der Waals surface area contributed by atoms with Crippen LogP contribution in [0.2, 0.25) is 0 Å². The van der Waals surface area contributed by atoms with E-state index in [1.54, 1.807) is 0 Å². The van der Waals surface area contributed by atoms with Crippen molar-refractivity contribution >= 4 is 11.8 Å². The van der Waals surface area contributed by atoms with Gasteiger partial charge in [-0.1, -0.05) is 37.3 Å². The van der Waals surface area contributed by atoms with Crippen molar-refractivity contribution in [1.82, 2.24) is 9.97 Å². The standard InChI is InChI=1S/C15H21N5/c1-11(13-6-4-3-5-7-13)8-9-17-14-10-12(2)18-15(19-14)20-16/h3-7,10-11H,8-9,16H2,1-2H3,(H2,17,18,19,20). The van der Waals surface area contributed by atoms with E-state index in [4.69, 9.17) is 5.84 Å². The van der Waals surface area contributed by atoms with Crippen LogP contribution < -0.4 is 16.6 Å². The summed E-state index contributed by atoms with van der Waals surface area (Å²) >= 11 is 0. The summed E-state index contributed by atoms with van der Waals surface area (Å²) in [7, 11) is 0. The number of hydrogen-bond acceptors (Lipinski definition) is 5. The Morgan fingerprint density at radius 1 is 1.20 bits per heavy atom. The first-order valence-electron chi connectivity index (χ1n) is 6.80. The fourth-order valence-electron chi connectivity index (χ4n) is 2.09. The molecule has 2 aromatic rings. The summed E-state index contributed by atoms with van der Waals surface area (Å²) in [5.41, 5.74) is 4.71. The Bertz CT molecular complexity index is 541. The fourth-order valence-corrected chi connectivity index (χ4v) is 2.09. The van der Waals surface area contributed by atoms with Crippen LogP contribution in [0.1, 0.15) is 30.5 Å². The molecule has 1 aromatic carbocycles. The molecule has 0 amide bonds. The molecule has 0 aliphatic heterocycles. The number of benzene rings is 1. The third kappa shape index (κ3) is 3.93. The van der Waals surface area contributed by atoms with Gasteiger partial charge < -0.3 is 5.32 Å². The molecule has 0 aliphatic carbocycles. The number of hydrazine groups is 1. The summed E-state index contributed by atoms with van der Waals surface area (Å²) in [6, 6.07) is 12.4. The average molecular weight is 271 g/mol. The summed E-state index contributed by atoms with van der Waals surface area (Å²) in [5, 5.41) is 3.31. The summed E-state index contributed by atoms with van der Waals surface area (Å²) < 4.78 is 0. The monoisotopic (exact) mass is 271 g/mol. The number of anilines is 2. The molecule has 0 saturated carbocycles. The van der Waals surface area contributed by atoms with Gasteiger partial charge in [-0.2, -0.15) is 4.98 Å². The first kappa shape index (κ1) is 14.3. The predicted molar refractivity (Wildman–Crippen MR) is 82.5 cm³/mol. The second-order valence-corrected chi connectivity index (χ2v) is 4.89. The van der Waals surface area contributed by atoms with Crippen molar-refractivity contribution in [3.8, 4) is 0 Å². The zero-order valence-corrected chi connectivity index (χ0v) is 11.9. The molecule has 1 aromatic heterocycles. The highest BCUT2D eigenvalue weighted by Gasteiger charge is 2.05. The molecule has 0 radical (unpaired) electrons. The van der Waals surface area contributed by atoms with Gasteiger partial charge in [0, 0.05) is 18.3 Å². The highest BCUT2D eigenvalue weighted by atomic mass is 15.3. The lowest BCUT2D eigenvalue weighted by Crippen LogP contribution is -2.13. The Kier molecular flexibility index (Phi) is 4.90. The third-order valence-corrected chi connectivity index (χ3v) is 3.24. The molecule has 4 N–H and O–H groups in total. The minimum absolute atomic E-state index is 0.434. The first-order chi connectivity index (χ1) is 9.69. The second-order valence-electron chi connectivity index (χ2n) is 4.89. The molecule has 1 atom stereocenters. The largest absolute Gasteiger partial charge is 0.370 e. The van der Waals surface area contributed by atoms with E-state index in [2.05, 4.69) is 51.9 Å². The van der Waals surface area contributed by atoms with Crippen LogP contribution in [0.15, 0.2) is 36.4 Å². The molecule has 0 saturated heterocycles. The van der Waals surface area contributed by atoms with Crippen molar-refractivity contribution in [3.63, 3.8) is 0 Å². The zero-order chi connectivity index (χ0) is 14.4. The van der Waals surface area contributed by atoms with Gasteiger partial charge in [-0.3, -0.25) is 5.43 Å². The molecule has 1 unspecified atom stereocenters. The molecule has 106 valence electrons. The first-order valence-corrected chi connectivity index (χ1v) is 6.80. The number of aromatic nitrogens is 2. The second kappa shape index (κ2) is 6.86. The normalized spacial score (nSPS) is 11.9.